The van der Waals surface area contributed by atoms with E-state index in [1.165, 1.54) is 0 Å². The van der Waals surface area contributed by atoms with Crippen molar-refractivity contribution >= 4 is 55.3 Å². The lowest BCUT2D eigenvalue weighted by atomic mass is 15.6. The third-order valence-corrected chi connectivity index (χ3v) is 10.8. The van der Waals surface area contributed by atoms with E-state index in [-0.39, 0.29) is 24.0 Å². The minimum Gasteiger partial charge on any atom is -0.226 e. The Bertz CT molecular complexity index is 349. The van der Waals surface area contributed by atoms with E-state index >= 15 is 0 Å². The first-order valence-electron chi connectivity index (χ1n) is 2.92. The maximum atomic E-state index is 11.3. The highest BCUT2D eigenvalue weighted by Crippen LogP contribution is 2.99. The number of hydrogen-bond acceptors (Lipinski definition) is 10. The lowest BCUT2D eigenvalue weighted by molar-refractivity contribution is 0.0910. The molecule has 10 nitrogen and oxygen atoms in total. The molecule has 4 saturated heterocycles. The van der Waals surface area contributed by atoms with Crippen LogP contribution in [0.4, 0.5) is 0 Å². The minimum absolute atomic E-state index is 0. The second kappa shape index (κ2) is 3.24. The molecule has 15 heavy (non-hydrogen) atoms. The average Bonchev–Trinajstić information content (AvgIpc) is 1.67. The SMILES string of the molecule is I.O=P12OP3(=O)OP(=O)(O1)OP(=O)(O2)O3. The Morgan fingerprint density at radius 1 is 0.467 bits per heavy atom. The average molecular weight is 412 g/mol. The predicted molar refractivity (Wildman–Crippen MR) is 52.4 cm³/mol. The van der Waals surface area contributed by atoms with Crippen molar-refractivity contribution in [1.29, 1.82) is 0 Å². The van der Waals surface area contributed by atoms with Gasteiger partial charge in [-0.25, -0.2) is 18.3 Å². The van der Waals surface area contributed by atoms with Crippen molar-refractivity contribution in [2.24, 2.45) is 0 Å². The summed E-state index contributed by atoms with van der Waals surface area (Å²) in [5, 5.41) is 0. The van der Waals surface area contributed by atoms with E-state index < -0.39 is 31.3 Å². The molecule has 0 spiro atoms. The smallest absolute Gasteiger partial charge is 0.226 e. The van der Waals surface area contributed by atoms with Gasteiger partial charge in [-0.1, -0.05) is 0 Å². The van der Waals surface area contributed by atoms with E-state index in [2.05, 4.69) is 25.9 Å². The van der Waals surface area contributed by atoms with Gasteiger partial charge in [0.25, 0.3) is 0 Å². The fourth-order valence-electron chi connectivity index (χ4n) is 0.914. The Balaban J connectivity index is 0.000000853. The molecule has 4 rings (SSSR count). The molecule has 4 aliphatic heterocycles. The van der Waals surface area contributed by atoms with E-state index in [0.717, 1.165) is 0 Å². The van der Waals surface area contributed by atoms with Crippen molar-refractivity contribution in [2.75, 3.05) is 0 Å². The van der Waals surface area contributed by atoms with Crippen molar-refractivity contribution in [3.05, 3.63) is 0 Å². The number of halogens is 1. The molecule has 4 bridgehead atoms. The molecule has 0 saturated carbocycles. The van der Waals surface area contributed by atoms with Gasteiger partial charge in [-0.05, 0) is 0 Å². The van der Waals surface area contributed by atoms with Gasteiger partial charge in [0.1, 0.15) is 0 Å². The first kappa shape index (κ1) is 12.9. The molecule has 0 atom stereocenters. The van der Waals surface area contributed by atoms with Crippen molar-refractivity contribution < 1.29 is 44.1 Å². The van der Waals surface area contributed by atoms with Gasteiger partial charge < -0.3 is 0 Å². The van der Waals surface area contributed by atoms with Gasteiger partial charge in [-0.15, -0.1) is 24.0 Å². The zero-order valence-electron chi connectivity index (χ0n) is 6.28. The maximum Gasteiger partial charge on any atom is 0.501 e. The van der Waals surface area contributed by atoms with Crippen LogP contribution in [0.15, 0.2) is 0 Å². The van der Waals surface area contributed by atoms with Crippen LogP contribution in [0.1, 0.15) is 0 Å². The molecule has 4 aliphatic rings. The van der Waals surface area contributed by atoms with Gasteiger partial charge >= 0.3 is 31.3 Å². The van der Waals surface area contributed by atoms with Gasteiger partial charge in [0.15, 0.2) is 0 Å². The van der Waals surface area contributed by atoms with Crippen LogP contribution in [0.2, 0.25) is 0 Å². The molecule has 0 aromatic carbocycles. The standard InChI is InChI=1S/HI.O10P4/c;1-11-5-12(2)8-13(3,6-11)10-14(4,7-11)9-12/h1H;. The van der Waals surface area contributed by atoms with E-state index in [9.17, 15) is 18.3 Å². The lowest BCUT2D eigenvalue weighted by Crippen LogP contribution is -2.19. The quantitative estimate of drug-likeness (QED) is 0.433. The number of rotatable bonds is 0. The van der Waals surface area contributed by atoms with Crippen LogP contribution in [0.25, 0.3) is 0 Å². The number of phosphoric acid groups is 4. The zero-order valence-corrected chi connectivity index (χ0v) is 12.2. The Morgan fingerprint density at radius 2 is 0.600 bits per heavy atom. The van der Waals surface area contributed by atoms with E-state index in [4.69, 9.17) is 0 Å². The van der Waals surface area contributed by atoms with Crippen LogP contribution in [-0.2, 0) is 44.1 Å². The summed E-state index contributed by atoms with van der Waals surface area (Å²) in [6.45, 7) is 0. The van der Waals surface area contributed by atoms with E-state index in [0.29, 0.717) is 0 Å². The molecular weight excluding hydrogens is 411 g/mol. The molecule has 88 valence electrons. The van der Waals surface area contributed by atoms with Crippen molar-refractivity contribution in [1.82, 2.24) is 0 Å². The zero-order chi connectivity index (χ0) is 10.2. The highest BCUT2D eigenvalue weighted by molar-refractivity contribution is 14.0. The monoisotopic (exact) mass is 412 g/mol. The fraction of sp³-hybridized carbons (Fsp3) is 0. The third kappa shape index (κ3) is 1.98. The van der Waals surface area contributed by atoms with Crippen molar-refractivity contribution in [2.45, 2.75) is 0 Å². The molecule has 0 aliphatic carbocycles. The highest BCUT2D eigenvalue weighted by atomic mass is 127. The summed E-state index contributed by atoms with van der Waals surface area (Å²) in [4.78, 5) is 0. The summed E-state index contributed by atoms with van der Waals surface area (Å²) in [5.41, 5.74) is 0. The summed E-state index contributed by atoms with van der Waals surface area (Å²) in [6, 6.07) is 0. The topological polar surface area (TPSA) is 124 Å². The second-order valence-corrected chi connectivity index (χ2v) is 9.78. The fourth-order valence-corrected chi connectivity index (χ4v) is 11.4. The molecule has 4 heterocycles. The molecule has 0 amide bonds. The van der Waals surface area contributed by atoms with Crippen LogP contribution >= 0.6 is 55.3 Å². The van der Waals surface area contributed by atoms with E-state index in [1.807, 2.05) is 0 Å². The molecule has 0 N–H and O–H groups in total. The minimum atomic E-state index is -4.43. The first-order valence-corrected chi connectivity index (χ1v) is 8.76. The Kier molecular flexibility index (Phi) is 2.78. The molecule has 4 fully saturated rings. The van der Waals surface area contributed by atoms with Gasteiger partial charge in [-0.3, -0.25) is 0 Å². The van der Waals surface area contributed by atoms with Crippen LogP contribution in [0.3, 0.4) is 0 Å². The van der Waals surface area contributed by atoms with Gasteiger partial charge in [0.2, 0.25) is 0 Å². The van der Waals surface area contributed by atoms with Crippen molar-refractivity contribution in [3.8, 4) is 0 Å². The summed E-state index contributed by atoms with van der Waals surface area (Å²) in [6.07, 6.45) is 0. The molecular formula is HIO10P4. The predicted octanol–water partition coefficient (Wildman–Crippen LogP) is 3.18. The summed E-state index contributed by atoms with van der Waals surface area (Å²) in [7, 11) is -17.7. The van der Waals surface area contributed by atoms with Gasteiger partial charge in [0.05, 0.1) is 0 Å². The van der Waals surface area contributed by atoms with Crippen LogP contribution < -0.4 is 0 Å². The summed E-state index contributed by atoms with van der Waals surface area (Å²) in [5.74, 6) is 0. The molecule has 0 aromatic heterocycles. The third-order valence-electron chi connectivity index (χ3n) is 1.20. The lowest BCUT2D eigenvalue weighted by Gasteiger charge is -2.41. The van der Waals surface area contributed by atoms with Crippen LogP contribution in [0, 0.1) is 0 Å². The van der Waals surface area contributed by atoms with Gasteiger partial charge in [0, 0.05) is 0 Å². The Hall–Kier alpha value is 1.41. The number of hydrogen-bond donors (Lipinski definition) is 0. The first-order chi connectivity index (χ1) is 6.24. The largest absolute Gasteiger partial charge is 0.501 e. The molecule has 0 radical (unpaired) electrons. The maximum absolute atomic E-state index is 11.3. The molecule has 15 heteroatoms. The second-order valence-electron chi connectivity index (χ2n) is 2.28. The van der Waals surface area contributed by atoms with Crippen LogP contribution in [0.5, 0.6) is 0 Å². The normalized spacial score (nSPS) is 61.3. The van der Waals surface area contributed by atoms with E-state index in [1.54, 1.807) is 0 Å². The summed E-state index contributed by atoms with van der Waals surface area (Å²) >= 11 is 0. The molecule has 0 unspecified atom stereocenters. The van der Waals surface area contributed by atoms with Crippen LogP contribution in [-0.4, -0.2) is 0 Å². The highest BCUT2D eigenvalue weighted by Gasteiger charge is 2.74. The molecule has 0 aromatic rings. The summed E-state index contributed by atoms with van der Waals surface area (Å²) < 4.78 is 69.9. The Labute approximate surface area is 99.4 Å². The Morgan fingerprint density at radius 3 is 0.733 bits per heavy atom. The van der Waals surface area contributed by atoms with Gasteiger partial charge in [-0.2, -0.15) is 25.9 Å². The van der Waals surface area contributed by atoms with Crippen molar-refractivity contribution in [3.63, 3.8) is 0 Å².